The summed E-state index contributed by atoms with van der Waals surface area (Å²) in [5.41, 5.74) is 4.15. The second-order valence-electron chi connectivity index (χ2n) is 11.8. The summed E-state index contributed by atoms with van der Waals surface area (Å²) in [6, 6.07) is 22.2. The minimum atomic E-state index is -1.14. The fourth-order valence-corrected chi connectivity index (χ4v) is 6.82. The molecule has 3 aliphatic rings. The molecule has 7 rings (SSSR count). The van der Waals surface area contributed by atoms with Crippen LogP contribution in [0.1, 0.15) is 12.5 Å². The van der Waals surface area contributed by atoms with Crippen molar-refractivity contribution in [1.82, 2.24) is 19.7 Å². The Morgan fingerprint density at radius 1 is 0.957 bits per heavy atom. The number of aromatic nitrogens is 3. The van der Waals surface area contributed by atoms with Gasteiger partial charge in [0.05, 0.1) is 18.2 Å². The number of rotatable bonds is 10. The Hall–Kier alpha value is -4.03. The van der Waals surface area contributed by atoms with Gasteiger partial charge in [-0.2, -0.15) is 5.10 Å². The van der Waals surface area contributed by atoms with Crippen LogP contribution in [0, 0.1) is 0 Å². The highest BCUT2D eigenvalue weighted by molar-refractivity contribution is 6.35. The molecule has 1 N–H and O–H groups in total. The molecule has 2 saturated heterocycles. The van der Waals surface area contributed by atoms with E-state index in [-0.39, 0.29) is 12.6 Å². The van der Waals surface area contributed by atoms with E-state index in [1.165, 1.54) is 17.7 Å². The highest BCUT2D eigenvalue weighted by Crippen LogP contribution is 2.40. The quantitative estimate of drug-likeness (QED) is 0.238. The van der Waals surface area contributed by atoms with Crippen LogP contribution in [-0.2, 0) is 21.8 Å². The maximum Gasteiger partial charge on any atom is 0.217 e. The minimum Gasteiger partial charge on any atom is -0.491 e. The Morgan fingerprint density at radius 3 is 2.51 bits per heavy atom. The van der Waals surface area contributed by atoms with Gasteiger partial charge in [0.1, 0.15) is 37.7 Å². The van der Waals surface area contributed by atoms with Crippen LogP contribution in [0.2, 0.25) is 10.0 Å². The topological polar surface area (TPSA) is 92.5 Å². The highest BCUT2D eigenvalue weighted by atomic mass is 35.5. The predicted molar refractivity (Wildman–Crippen MR) is 185 cm³/mol. The third-order valence-corrected chi connectivity index (χ3v) is 9.28. The van der Waals surface area contributed by atoms with Crippen molar-refractivity contribution in [2.45, 2.75) is 25.4 Å². The molecule has 0 radical (unpaired) electrons. The lowest BCUT2D eigenvalue weighted by atomic mass is 10.1. The van der Waals surface area contributed by atoms with E-state index in [1.807, 2.05) is 18.2 Å². The predicted octanol–water partition coefficient (Wildman–Crippen LogP) is 5.36. The third kappa shape index (κ3) is 7.13. The summed E-state index contributed by atoms with van der Waals surface area (Å²) in [6.45, 7) is 9.62. The molecule has 11 nitrogen and oxygen atoms in total. The number of nitrogens with one attached hydrogen (secondary N) is 1. The molecule has 246 valence electrons. The van der Waals surface area contributed by atoms with Gasteiger partial charge in [-0.15, -0.1) is 0 Å². The second-order valence-corrected chi connectivity index (χ2v) is 12.6. The van der Waals surface area contributed by atoms with Gasteiger partial charge in [0.15, 0.2) is 5.96 Å². The monoisotopic (exact) mass is 676 g/mol. The van der Waals surface area contributed by atoms with E-state index in [9.17, 15) is 0 Å². The number of hydrogen-bond acceptors (Lipinski definition) is 10. The number of likely N-dealkylation sites (N-methyl/N-ethyl adjacent to an activating group) is 1. The molecule has 0 aliphatic carbocycles. The van der Waals surface area contributed by atoms with Crippen molar-refractivity contribution >= 4 is 46.2 Å². The molecular formula is C34H38Cl2N8O3. The van der Waals surface area contributed by atoms with Gasteiger partial charge in [-0.25, -0.2) is 9.67 Å². The zero-order valence-electron chi connectivity index (χ0n) is 26.3. The fraction of sp³-hybridized carbons (Fsp3) is 0.382. The molecule has 0 saturated carbocycles. The van der Waals surface area contributed by atoms with Gasteiger partial charge in [-0.3, -0.25) is 4.99 Å². The lowest BCUT2D eigenvalue weighted by molar-refractivity contribution is -0.190. The number of anilines is 3. The molecule has 47 heavy (non-hydrogen) atoms. The molecule has 1 aromatic heterocycles. The standard InChI is InChI=1S/C34H38Cl2N8O3/c1-2-41-13-12-38-33(41)40-26-4-3-5-28(19-26)43-16-14-42(15-17-43)27-7-9-29(10-8-27)45-20-30-21-46-34(47-30,22-44-24-37-23-39-44)31-11-6-25(35)18-32(31)36/h3-11,18-19,23-24,30H,2,12-17,20-22H2,1H3,(H,38,40). The van der Waals surface area contributed by atoms with Gasteiger partial charge in [0, 0.05) is 66.9 Å². The molecule has 0 bridgehead atoms. The first-order valence-corrected chi connectivity index (χ1v) is 16.7. The summed E-state index contributed by atoms with van der Waals surface area (Å²) in [5.74, 6) is 0.589. The molecule has 3 aliphatic heterocycles. The molecule has 0 amide bonds. The highest BCUT2D eigenvalue weighted by Gasteiger charge is 2.45. The van der Waals surface area contributed by atoms with Crippen LogP contribution >= 0.6 is 23.2 Å². The molecule has 3 aromatic carbocycles. The van der Waals surface area contributed by atoms with E-state index in [2.05, 4.69) is 78.4 Å². The Morgan fingerprint density at radius 2 is 1.77 bits per heavy atom. The average Bonchev–Trinajstić information content (AvgIpc) is 3.87. The molecule has 2 atom stereocenters. The summed E-state index contributed by atoms with van der Waals surface area (Å²) in [7, 11) is 0. The number of hydrogen-bond donors (Lipinski definition) is 1. The fourth-order valence-electron chi connectivity index (χ4n) is 6.27. The Balaban J connectivity index is 0.925. The molecule has 0 spiro atoms. The maximum absolute atomic E-state index is 6.59. The minimum absolute atomic E-state index is 0.280. The van der Waals surface area contributed by atoms with Crippen LogP contribution in [0.3, 0.4) is 0 Å². The van der Waals surface area contributed by atoms with Crippen molar-refractivity contribution in [2.75, 3.05) is 74.1 Å². The van der Waals surface area contributed by atoms with E-state index in [4.69, 9.17) is 37.4 Å². The third-order valence-electron chi connectivity index (χ3n) is 8.74. The van der Waals surface area contributed by atoms with E-state index < -0.39 is 5.79 Å². The summed E-state index contributed by atoms with van der Waals surface area (Å²) in [6.07, 6.45) is 2.77. The van der Waals surface area contributed by atoms with Gasteiger partial charge >= 0.3 is 0 Å². The molecular weight excluding hydrogens is 639 g/mol. The first-order valence-electron chi connectivity index (χ1n) is 16.0. The van der Waals surface area contributed by atoms with Gasteiger partial charge in [0.25, 0.3) is 0 Å². The number of ether oxygens (including phenoxy) is 3. The number of piperazine rings is 1. The zero-order chi connectivity index (χ0) is 32.2. The van der Waals surface area contributed by atoms with Crippen LogP contribution in [0.4, 0.5) is 17.1 Å². The molecule has 2 fully saturated rings. The summed E-state index contributed by atoms with van der Waals surface area (Å²) < 4.78 is 20.6. The van der Waals surface area contributed by atoms with Crippen LogP contribution in [-0.4, -0.2) is 90.8 Å². The largest absolute Gasteiger partial charge is 0.491 e. The van der Waals surface area contributed by atoms with Crippen LogP contribution < -0.4 is 19.9 Å². The van der Waals surface area contributed by atoms with Crippen molar-refractivity contribution in [1.29, 1.82) is 0 Å². The Kier molecular flexibility index (Phi) is 9.39. The first-order chi connectivity index (χ1) is 23.0. The number of benzene rings is 3. The van der Waals surface area contributed by atoms with Gasteiger partial charge in [0.2, 0.25) is 5.79 Å². The average molecular weight is 678 g/mol. The maximum atomic E-state index is 6.59. The molecule has 13 heteroatoms. The molecule has 4 heterocycles. The summed E-state index contributed by atoms with van der Waals surface area (Å²) in [4.78, 5) is 15.8. The lowest BCUT2D eigenvalue weighted by Crippen LogP contribution is -2.46. The van der Waals surface area contributed by atoms with Gasteiger partial charge in [-0.1, -0.05) is 35.3 Å². The van der Waals surface area contributed by atoms with Crippen LogP contribution in [0.5, 0.6) is 5.75 Å². The van der Waals surface area contributed by atoms with Crippen molar-refractivity contribution < 1.29 is 14.2 Å². The lowest BCUT2D eigenvalue weighted by Gasteiger charge is -2.37. The van der Waals surface area contributed by atoms with Gasteiger partial charge < -0.3 is 34.2 Å². The molecule has 4 aromatic rings. The second kappa shape index (κ2) is 14.0. The zero-order valence-corrected chi connectivity index (χ0v) is 27.8. The smallest absolute Gasteiger partial charge is 0.217 e. The van der Waals surface area contributed by atoms with Crippen molar-refractivity contribution in [3.63, 3.8) is 0 Å². The normalized spacial score (nSPS) is 21.3. The van der Waals surface area contributed by atoms with Crippen molar-refractivity contribution in [2.24, 2.45) is 4.99 Å². The summed E-state index contributed by atoms with van der Waals surface area (Å²) >= 11 is 12.7. The first kappa shape index (κ1) is 31.6. The van der Waals surface area contributed by atoms with E-state index in [0.717, 1.165) is 63.2 Å². The van der Waals surface area contributed by atoms with Crippen LogP contribution in [0.25, 0.3) is 0 Å². The Labute approximate surface area is 284 Å². The van der Waals surface area contributed by atoms with Gasteiger partial charge in [-0.05, 0) is 61.5 Å². The van der Waals surface area contributed by atoms with Crippen molar-refractivity contribution in [3.05, 3.63) is 95.0 Å². The van der Waals surface area contributed by atoms with Crippen molar-refractivity contribution in [3.8, 4) is 5.75 Å². The number of halogens is 2. The van der Waals surface area contributed by atoms with E-state index >= 15 is 0 Å². The van der Waals surface area contributed by atoms with Crippen LogP contribution in [0.15, 0.2) is 84.4 Å². The number of guanidine groups is 1. The SMILES string of the molecule is CCN1CCN=C1Nc1cccc(N2CCN(c3ccc(OCC4COC(Cn5cncn5)(c5ccc(Cl)cc5Cl)O4)cc3)CC2)c1. The Bertz CT molecular complexity index is 1680. The number of nitrogens with zero attached hydrogens (tertiary/aromatic N) is 7. The van der Waals surface area contributed by atoms with E-state index in [1.54, 1.807) is 23.1 Å². The summed E-state index contributed by atoms with van der Waals surface area (Å²) in [5, 5.41) is 8.74. The van der Waals surface area contributed by atoms with E-state index in [0.29, 0.717) is 28.8 Å². The number of aliphatic imine (C=N–C) groups is 1. The molecule has 2 unspecified atom stereocenters.